The molecular weight excluding hydrogens is 360 g/mol. The summed E-state index contributed by atoms with van der Waals surface area (Å²) in [4.78, 5) is 24.1. The maximum Gasteiger partial charge on any atom is 0.257 e. The zero-order valence-electron chi connectivity index (χ0n) is 16.5. The summed E-state index contributed by atoms with van der Waals surface area (Å²) in [7, 11) is 0. The van der Waals surface area contributed by atoms with Crippen molar-refractivity contribution < 1.29 is 9.59 Å². The molecule has 2 rings (SSSR count). The zero-order valence-corrected chi connectivity index (χ0v) is 17.3. The number of carbonyl (C=O) groups is 2. The average Bonchev–Trinajstić information content (AvgIpc) is 2.64. The summed E-state index contributed by atoms with van der Waals surface area (Å²) < 4.78 is 0. The summed E-state index contributed by atoms with van der Waals surface area (Å²) in [6.45, 7) is 8.30. The highest BCUT2D eigenvalue weighted by atomic mass is 32.1. The Bertz CT molecular complexity index is 707. The van der Waals surface area contributed by atoms with Crippen LogP contribution in [0.2, 0.25) is 0 Å². The Morgan fingerprint density at radius 2 is 1.85 bits per heavy atom. The third-order valence-corrected chi connectivity index (χ3v) is 5.74. The highest BCUT2D eigenvalue weighted by Crippen LogP contribution is 2.29. The number of amides is 2. The minimum Gasteiger partial charge on any atom is -0.358 e. The van der Waals surface area contributed by atoms with Crippen molar-refractivity contribution in [1.82, 2.24) is 21.5 Å². The van der Waals surface area contributed by atoms with Crippen LogP contribution in [0.25, 0.3) is 0 Å². The molecule has 0 unspecified atom stereocenters. The van der Waals surface area contributed by atoms with Crippen LogP contribution >= 0.6 is 12.2 Å². The lowest BCUT2D eigenvalue weighted by atomic mass is 9.78. The summed E-state index contributed by atoms with van der Waals surface area (Å²) >= 11 is 5.26. The average molecular weight is 391 g/mol. The molecule has 1 saturated carbocycles. The van der Waals surface area contributed by atoms with Gasteiger partial charge in [-0.3, -0.25) is 20.4 Å². The molecule has 1 aliphatic carbocycles. The van der Waals surface area contributed by atoms with Gasteiger partial charge >= 0.3 is 0 Å². The van der Waals surface area contributed by atoms with Crippen LogP contribution in [-0.4, -0.2) is 29.5 Å². The number of hydrazine groups is 1. The lowest BCUT2D eigenvalue weighted by Crippen LogP contribution is -2.53. The molecule has 1 fully saturated rings. The minimum atomic E-state index is -0.360. The van der Waals surface area contributed by atoms with E-state index in [0.29, 0.717) is 28.6 Å². The standard InChI is InChI=1S/C20H30N4O2S/c1-12-8-9-16(10-14(12)3)19(26)21-11-18(25)23-24-20(27)22-17-7-5-6-13(2)15(17)4/h8-10,13,15,17H,5-7,11H2,1-4H3,(H,21,26)(H,23,25)(H2,22,24,27)/t13-,15-,17+/m0/s1. The van der Waals surface area contributed by atoms with Crippen molar-refractivity contribution in [1.29, 1.82) is 0 Å². The van der Waals surface area contributed by atoms with Crippen molar-refractivity contribution >= 4 is 29.1 Å². The monoisotopic (exact) mass is 390 g/mol. The first kappa shape index (κ1) is 21.2. The van der Waals surface area contributed by atoms with Gasteiger partial charge < -0.3 is 10.6 Å². The Morgan fingerprint density at radius 3 is 2.56 bits per heavy atom. The lowest BCUT2D eigenvalue weighted by molar-refractivity contribution is -0.120. The van der Waals surface area contributed by atoms with Gasteiger partial charge in [0, 0.05) is 11.6 Å². The molecule has 2 amide bonds. The third kappa shape index (κ3) is 6.20. The topological polar surface area (TPSA) is 82.3 Å². The SMILES string of the molecule is Cc1ccc(C(=O)NCC(=O)NNC(=S)N[C@@H]2CCC[C@H](C)[C@@H]2C)cc1C. The first-order valence-electron chi connectivity index (χ1n) is 9.48. The molecule has 148 valence electrons. The number of thiocarbonyl (C=S) groups is 1. The Kier molecular flexibility index (Phi) is 7.59. The number of aryl methyl sites for hydroxylation is 2. The van der Waals surface area contributed by atoms with Crippen LogP contribution in [0.1, 0.15) is 54.6 Å². The van der Waals surface area contributed by atoms with Gasteiger partial charge in [-0.1, -0.05) is 32.8 Å². The molecule has 0 aliphatic heterocycles. The van der Waals surface area contributed by atoms with Crippen molar-refractivity contribution in [2.75, 3.05) is 6.54 Å². The summed E-state index contributed by atoms with van der Waals surface area (Å²) in [5.74, 6) is 0.557. The second kappa shape index (κ2) is 9.69. The fraction of sp³-hybridized carbons (Fsp3) is 0.550. The normalized spacial score (nSPS) is 21.9. The van der Waals surface area contributed by atoms with Crippen molar-refractivity contribution in [2.45, 2.75) is 53.0 Å². The van der Waals surface area contributed by atoms with E-state index in [2.05, 4.69) is 35.3 Å². The van der Waals surface area contributed by atoms with E-state index in [1.54, 1.807) is 6.07 Å². The van der Waals surface area contributed by atoms with E-state index >= 15 is 0 Å². The molecule has 0 heterocycles. The van der Waals surface area contributed by atoms with E-state index in [1.165, 1.54) is 12.8 Å². The predicted octanol–water partition coefficient (Wildman–Crippen LogP) is 2.35. The van der Waals surface area contributed by atoms with Gasteiger partial charge in [0.15, 0.2) is 5.11 Å². The summed E-state index contributed by atoms with van der Waals surface area (Å²) in [6, 6.07) is 5.77. The van der Waals surface area contributed by atoms with Gasteiger partial charge in [0.2, 0.25) is 0 Å². The van der Waals surface area contributed by atoms with Crippen LogP contribution in [-0.2, 0) is 4.79 Å². The summed E-state index contributed by atoms with van der Waals surface area (Å²) in [5.41, 5.74) is 7.93. The minimum absolute atomic E-state index is 0.127. The number of hydrogen-bond acceptors (Lipinski definition) is 3. The first-order chi connectivity index (χ1) is 12.8. The molecule has 1 aromatic rings. The molecule has 4 N–H and O–H groups in total. The molecule has 0 aromatic heterocycles. The lowest BCUT2D eigenvalue weighted by Gasteiger charge is -2.35. The van der Waals surface area contributed by atoms with Gasteiger partial charge in [-0.25, -0.2) is 0 Å². The van der Waals surface area contributed by atoms with Gasteiger partial charge in [-0.15, -0.1) is 0 Å². The van der Waals surface area contributed by atoms with Crippen LogP contribution < -0.4 is 21.5 Å². The number of hydrogen-bond donors (Lipinski definition) is 4. The smallest absolute Gasteiger partial charge is 0.257 e. The maximum atomic E-state index is 12.1. The second-order valence-corrected chi connectivity index (χ2v) is 7.91. The molecule has 6 nitrogen and oxygen atoms in total. The fourth-order valence-corrected chi connectivity index (χ4v) is 3.51. The highest BCUT2D eigenvalue weighted by molar-refractivity contribution is 7.80. The van der Waals surface area contributed by atoms with E-state index in [4.69, 9.17) is 12.2 Å². The Labute approximate surface area is 166 Å². The number of carbonyl (C=O) groups excluding carboxylic acids is 2. The molecule has 3 atom stereocenters. The molecule has 0 radical (unpaired) electrons. The molecule has 0 bridgehead atoms. The van der Waals surface area contributed by atoms with Gasteiger partial charge in [0.25, 0.3) is 11.8 Å². The van der Waals surface area contributed by atoms with Crippen molar-refractivity contribution in [3.8, 4) is 0 Å². The predicted molar refractivity (Wildman–Crippen MR) is 111 cm³/mol. The Morgan fingerprint density at radius 1 is 1.11 bits per heavy atom. The van der Waals surface area contributed by atoms with E-state index in [0.717, 1.165) is 17.5 Å². The molecular formula is C20H30N4O2S. The molecule has 1 aromatic carbocycles. The van der Waals surface area contributed by atoms with Gasteiger partial charge in [-0.2, -0.15) is 0 Å². The zero-order chi connectivity index (χ0) is 20.0. The fourth-order valence-electron chi connectivity index (χ4n) is 3.31. The first-order valence-corrected chi connectivity index (χ1v) is 9.89. The molecule has 27 heavy (non-hydrogen) atoms. The van der Waals surface area contributed by atoms with Crippen LogP contribution in [0.3, 0.4) is 0 Å². The van der Waals surface area contributed by atoms with Crippen molar-refractivity contribution in [3.63, 3.8) is 0 Å². The van der Waals surface area contributed by atoms with Gasteiger partial charge in [-0.05, 0) is 67.6 Å². The quantitative estimate of drug-likeness (QED) is 0.469. The van der Waals surface area contributed by atoms with E-state index in [-0.39, 0.29) is 18.4 Å². The largest absolute Gasteiger partial charge is 0.358 e. The Hall–Kier alpha value is -2.15. The summed E-state index contributed by atoms with van der Waals surface area (Å²) in [5, 5.41) is 6.28. The maximum absolute atomic E-state index is 12.1. The van der Waals surface area contributed by atoms with Gasteiger partial charge in [0.1, 0.15) is 0 Å². The third-order valence-electron chi connectivity index (χ3n) is 5.52. The molecule has 7 heteroatoms. The second-order valence-electron chi connectivity index (χ2n) is 7.50. The number of rotatable bonds is 4. The number of nitrogens with one attached hydrogen (secondary N) is 4. The van der Waals surface area contributed by atoms with Crippen molar-refractivity contribution in [3.05, 3.63) is 34.9 Å². The highest BCUT2D eigenvalue weighted by Gasteiger charge is 2.27. The van der Waals surface area contributed by atoms with E-state index in [1.807, 2.05) is 26.0 Å². The van der Waals surface area contributed by atoms with Gasteiger partial charge in [0.05, 0.1) is 6.54 Å². The van der Waals surface area contributed by atoms with Crippen molar-refractivity contribution in [2.24, 2.45) is 11.8 Å². The molecule has 0 spiro atoms. The van der Waals surface area contributed by atoms with Crippen LogP contribution in [0, 0.1) is 25.7 Å². The summed E-state index contributed by atoms with van der Waals surface area (Å²) in [6.07, 6.45) is 3.51. The van der Waals surface area contributed by atoms with E-state index < -0.39 is 0 Å². The number of benzene rings is 1. The van der Waals surface area contributed by atoms with Crippen LogP contribution in [0.5, 0.6) is 0 Å². The van der Waals surface area contributed by atoms with Crippen LogP contribution in [0.15, 0.2) is 18.2 Å². The molecule has 0 saturated heterocycles. The Balaban J connectivity index is 1.71. The van der Waals surface area contributed by atoms with E-state index in [9.17, 15) is 9.59 Å². The molecule has 1 aliphatic rings. The van der Waals surface area contributed by atoms with Crippen LogP contribution in [0.4, 0.5) is 0 Å².